The first-order valence-electron chi connectivity index (χ1n) is 7.51. The zero-order valence-electron chi connectivity index (χ0n) is 13.7. The Morgan fingerprint density at radius 2 is 2.04 bits per heavy atom. The fourth-order valence-corrected chi connectivity index (χ4v) is 2.73. The Balaban J connectivity index is 1.65. The summed E-state index contributed by atoms with van der Waals surface area (Å²) < 4.78 is 0. The molecule has 0 aliphatic heterocycles. The number of aromatic amines is 1. The molecule has 2 heterocycles. The van der Waals surface area contributed by atoms with Crippen LogP contribution >= 0.6 is 11.3 Å². The second-order valence-corrected chi connectivity index (χ2v) is 6.55. The van der Waals surface area contributed by atoms with Crippen LogP contribution in [-0.2, 0) is 6.54 Å². The van der Waals surface area contributed by atoms with E-state index in [2.05, 4.69) is 31.0 Å². The molecule has 25 heavy (non-hydrogen) atoms. The predicted octanol–water partition coefficient (Wildman–Crippen LogP) is 2.06. The van der Waals surface area contributed by atoms with E-state index in [1.807, 2.05) is 6.92 Å². The molecule has 0 radical (unpaired) electrons. The van der Waals surface area contributed by atoms with Crippen molar-refractivity contribution >= 4 is 28.8 Å². The number of rotatable bonds is 5. The largest absolute Gasteiger partial charge is 0.348 e. The maximum Gasteiger partial charge on any atom is 0.286 e. The summed E-state index contributed by atoms with van der Waals surface area (Å²) in [5, 5.41) is 20.9. The van der Waals surface area contributed by atoms with Gasteiger partial charge in [0.25, 0.3) is 11.8 Å². The van der Waals surface area contributed by atoms with Gasteiger partial charge in [-0.15, -0.1) is 10.2 Å². The second kappa shape index (κ2) is 7.22. The maximum atomic E-state index is 12.3. The fraction of sp³-hybridized carbons (Fsp3) is 0.188. The van der Waals surface area contributed by atoms with E-state index in [0.29, 0.717) is 22.8 Å². The van der Waals surface area contributed by atoms with E-state index in [1.54, 1.807) is 37.4 Å². The van der Waals surface area contributed by atoms with Gasteiger partial charge in [0.15, 0.2) is 0 Å². The standard InChI is InChI=1S/C16H16N6O2S/c1-9-12(8-18-20-9)7-17-14(23)11-4-3-5-13(6-11)19-15(24)16-22-21-10(2)25-16/h3-6,8H,7H2,1-2H3,(H,17,23)(H,18,20)(H,19,24). The lowest BCUT2D eigenvalue weighted by molar-refractivity contribution is 0.0949. The van der Waals surface area contributed by atoms with Gasteiger partial charge in [0, 0.05) is 29.1 Å². The van der Waals surface area contributed by atoms with Crippen LogP contribution in [0.15, 0.2) is 30.5 Å². The molecule has 0 bridgehead atoms. The number of nitrogens with zero attached hydrogens (tertiary/aromatic N) is 3. The highest BCUT2D eigenvalue weighted by Gasteiger charge is 2.13. The lowest BCUT2D eigenvalue weighted by Crippen LogP contribution is -2.23. The van der Waals surface area contributed by atoms with Crippen LogP contribution in [0.25, 0.3) is 0 Å². The van der Waals surface area contributed by atoms with Crippen molar-refractivity contribution in [1.29, 1.82) is 0 Å². The molecule has 3 N–H and O–H groups in total. The molecule has 0 unspecified atom stereocenters. The van der Waals surface area contributed by atoms with Gasteiger partial charge in [-0.1, -0.05) is 17.4 Å². The Morgan fingerprint density at radius 3 is 2.72 bits per heavy atom. The van der Waals surface area contributed by atoms with Gasteiger partial charge in [-0.05, 0) is 32.0 Å². The van der Waals surface area contributed by atoms with Crippen LogP contribution in [0.4, 0.5) is 5.69 Å². The average molecular weight is 356 g/mol. The SMILES string of the molecule is Cc1nnc(C(=O)Nc2cccc(C(=O)NCc3cn[nH]c3C)c2)s1. The van der Waals surface area contributed by atoms with E-state index in [9.17, 15) is 9.59 Å². The van der Waals surface area contributed by atoms with Crippen LogP contribution in [-0.4, -0.2) is 32.2 Å². The molecule has 128 valence electrons. The lowest BCUT2D eigenvalue weighted by atomic mass is 10.1. The fourth-order valence-electron chi connectivity index (χ4n) is 2.14. The van der Waals surface area contributed by atoms with Gasteiger partial charge < -0.3 is 10.6 Å². The van der Waals surface area contributed by atoms with Crippen LogP contribution in [0.3, 0.4) is 0 Å². The van der Waals surface area contributed by atoms with Crippen molar-refractivity contribution in [3.05, 3.63) is 57.3 Å². The minimum Gasteiger partial charge on any atom is -0.348 e. The Morgan fingerprint density at radius 1 is 1.20 bits per heavy atom. The number of hydrogen-bond acceptors (Lipinski definition) is 6. The van der Waals surface area contributed by atoms with Crippen molar-refractivity contribution in [2.45, 2.75) is 20.4 Å². The molecular weight excluding hydrogens is 340 g/mol. The molecule has 2 amide bonds. The molecule has 9 heteroatoms. The van der Waals surface area contributed by atoms with Crippen LogP contribution in [0, 0.1) is 13.8 Å². The zero-order valence-corrected chi connectivity index (χ0v) is 14.5. The van der Waals surface area contributed by atoms with E-state index in [0.717, 1.165) is 11.3 Å². The highest BCUT2D eigenvalue weighted by Crippen LogP contribution is 2.14. The van der Waals surface area contributed by atoms with E-state index in [-0.39, 0.29) is 16.8 Å². The number of anilines is 1. The van der Waals surface area contributed by atoms with Gasteiger partial charge in [-0.2, -0.15) is 5.10 Å². The van der Waals surface area contributed by atoms with E-state index >= 15 is 0 Å². The zero-order chi connectivity index (χ0) is 17.8. The van der Waals surface area contributed by atoms with Gasteiger partial charge in [0.2, 0.25) is 5.01 Å². The van der Waals surface area contributed by atoms with E-state index in [4.69, 9.17) is 0 Å². The van der Waals surface area contributed by atoms with Crippen molar-refractivity contribution in [1.82, 2.24) is 25.7 Å². The Kier molecular flexibility index (Phi) is 4.85. The summed E-state index contributed by atoms with van der Waals surface area (Å²) in [6.45, 7) is 4.04. The van der Waals surface area contributed by atoms with Gasteiger partial charge >= 0.3 is 0 Å². The van der Waals surface area contributed by atoms with Crippen LogP contribution in [0.5, 0.6) is 0 Å². The summed E-state index contributed by atoms with van der Waals surface area (Å²) in [6.07, 6.45) is 1.68. The molecule has 0 saturated heterocycles. The van der Waals surface area contributed by atoms with E-state index in [1.165, 1.54) is 11.3 Å². The van der Waals surface area contributed by atoms with Crippen LogP contribution in [0.2, 0.25) is 0 Å². The summed E-state index contributed by atoms with van der Waals surface area (Å²) in [5.41, 5.74) is 2.80. The molecule has 0 aliphatic rings. The molecule has 0 spiro atoms. The molecule has 1 aromatic carbocycles. The topological polar surface area (TPSA) is 113 Å². The first-order valence-corrected chi connectivity index (χ1v) is 8.33. The average Bonchev–Trinajstić information content (AvgIpc) is 3.21. The normalized spacial score (nSPS) is 10.5. The van der Waals surface area contributed by atoms with Gasteiger partial charge in [-0.25, -0.2) is 0 Å². The first-order chi connectivity index (χ1) is 12.0. The van der Waals surface area contributed by atoms with E-state index < -0.39 is 0 Å². The lowest BCUT2D eigenvalue weighted by Gasteiger charge is -2.07. The van der Waals surface area contributed by atoms with Crippen molar-refractivity contribution in [2.24, 2.45) is 0 Å². The van der Waals surface area contributed by atoms with Crippen molar-refractivity contribution < 1.29 is 9.59 Å². The number of amides is 2. The van der Waals surface area contributed by atoms with Crippen molar-refractivity contribution in [3.63, 3.8) is 0 Å². The van der Waals surface area contributed by atoms with Crippen LogP contribution < -0.4 is 10.6 Å². The van der Waals surface area contributed by atoms with Crippen molar-refractivity contribution in [3.8, 4) is 0 Å². The molecular formula is C16H16N6O2S. The molecule has 0 aliphatic carbocycles. The molecule has 0 saturated carbocycles. The third-order valence-corrected chi connectivity index (χ3v) is 4.31. The number of nitrogens with one attached hydrogen (secondary N) is 3. The Bertz CT molecular complexity index is 917. The minimum atomic E-state index is -0.350. The molecule has 0 fully saturated rings. The summed E-state index contributed by atoms with van der Waals surface area (Å²) in [6, 6.07) is 6.72. The number of aryl methyl sites for hydroxylation is 2. The summed E-state index contributed by atoms with van der Waals surface area (Å²) in [7, 11) is 0. The van der Waals surface area contributed by atoms with Gasteiger partial charge in [0.05, 0.1) is 6.20 Å². The minimum absolute atomic E-state index is 0.233. The number of aromatic nitrogens is 4. The molecule has 8 nitrogen and oxygen atoms in total. The first kappa shape index (κ1) is 16.8. The molecule has 0 atom stereocenters. The quantitative estimate of drug-likeness (QED) is 0.648. The number of benzene rings is 1. The highest BCUT2D eigenvalue weighted by molar-refractivity contribution is 7.13. The monoisotopic (exact) mass is 356 g/mol. The third kappa shape index (κ3) is 4.07. The number of H-pyrrole nitrogens is 1. The summed E-state index contributed by atoms with van der Waals surface area (Å²) >= 11 is 1.21. The molecule has 2 aromatic heterocycles. The van der Waals surface area contributed by atoms with Crippen molar-refractivity contribution in [2.75, 3.05) is 5.32 Å². The Hall–Kier alpha value is -3.07. The molecule has 3 aromatic rings. The van der Waals surface area contributed by atoms with Gasteiger partial charge in [0.1, 0.15) is 5.01 Å². The number of carbonyl (C=O) groups is 2. The Labute approximate surface area is 147 Å². The number of carbonyl (C=O) groups excluding carboxylic acids is 2. The summed E-state index contributed by atoms with van der Waals surface area (Å²) in [5.74, 6) is -0.583. The summed E-state index contributed by atoms with van der Waals surface area (Å²) in [4.78, 5) is 24.4. The van der Waals surface area contributed by atoms with Crippen LogP contribution in [0.1, 0.15) is 36.4 Å². The third-order valence-electron chi connectivity index (χ3n) is 3.48. The maximum absolute atomic E-state index is 12.3. The molecule has 3 rings (SSSR count). The second-order valence-electron chi connectivity index (χ2n) is 5.36. The highest BCUT2D eigenvalue weighted by atomic mass is 32.1. The van der Waals surface area contributed by atoms with Gasteiger partial charge in [-0.3, -0.25) is 14.7 Å². The predicted molar refractivity (Wildman–Crippen MR) is 93.5 cm³/mol. The number of hydrogen-bond donors (Lipinski definition) is 3. The smallest absolute Gasteiger partial charge is 0.286 e.